The first kappa shape index (κ1) is 13.8. The quantitative estimate of drug-likeness (QED) is 0.355. The smallest absolute Gasteiger partial charge is 0.323 e. The van der Waals surface area contributed by atoms with Crippen LogP contribution in [0, 0.1) is 5.92 Å². The Morgan fingerprint density at radius 2 is 2.33 bits per heavy atom. The zero-order valence-electron chi connectivity index (χ0n) is 9.03. The summed E-state index contributed by atoms with van der Waals surface area (Å²) in [5, 5.41) is 8.83. The number of hydrogen-bond acceptors (Lipinski definition) is 4. The number of rotatable bonds is 8. The summed E-state index contributed by atoms with van der Waals surface area (Å²) in [5.74, 6) is 0.0632. The Bertz CT molecular complexity index is 236. The molecule has 0 heterocycles. The van der Waals surface area contributed by atoms with Gasteiger partial charge in [0.15, 0.2) is 0 Å². The lowest BCUT2D eigenvalue weighted by Gasteiger charge is -2.17. The van der Waals surface area contributed by atoms with Crippen molar-refractivity contribution in [2.24, 2.45) is 5.92 Å². The van der Waals surface area contributed by atoms with E-state index in [-0.39, 0.29) is 0 Å². The number of carboxylic acid groups (broad SMARTS) is 1. The van der Waals surface area contributed by atoms with Gasteiger partial charge in [0.1, 0.15) is 12.0 Å². The van der Waals surface area contributed by atoms with E-state index in [0.717, 1.165) is 18.9 Å². The number of hydroxylamine groups is 1. The molecule has 0 aliphatic heterocycles. The van der Waals surface area contributed by atoms with Crippen molar-refractivity contribution in [1.82, 2.24) is 5.48 Å². The molecular weight excluding hydrogens is 198 g/mol. The lowest BCUT2D eigenvalue weighted by atomic mass is 10.0. The van der Waals surface area contributed by atoms with Crippen LogP contribution in [0.2, 0.25) is 0 Å². The van der Waals surface area contributed by atoms with Gasteiger partial charge in [0.2, 0.25) is 0 Å². The summed E-state index contributed by atoms with van der Waals surface area (Å²) in [6, 6.07) is -0.914. The van der Waals surface area contributed by atoms with Gasteiger partial charge < -0.3 is 9.94 Å². The lowest BCUT2D eigenvalue weighted by Crippen LogP contribution is -2.41. The Hall–Kier alpha value is -1.16. The average Bonchev–Trinajstić information content (AvgIpc) is 2.17. The Kier molecular flexibility index (Phi) is 7.54. The van der Waals surface area contributed by atoms with Crippen molar-refractivity contribution in [3.8, 4) is 0 Å². The fourth-order valence-electron chi connectivity index (χ4n) is 0.951. The van der Waals surface area contributed by atoms with Gasteiger partial charge in [-0.1, -0.05) is 20.3 Å². The van der Waals surface area contributed by atoms with E-state index in [0.29, 0.717) is 6.61 Å². The maximum absolute atomic E-state index is 10.8. The minimum Gasteiger partial charge on any atom is -0.480 e. The normalized spacial score (nSPS) is 14.0. The fraction of sp³-hybridized carbons (Fsp3) is 0.700. The van der Waals surface area contributed by atoms with Gasteiger partial charge in [-0.15, -0.1) is 0 Å². The molecule has 0 saturated heterocycles. The number of hydrogen-bond donors (Lipinski definition) is 2. The molecule has 2 atom stereocenters. The highest BCUT2D eigenvalue weighted by Crippen LogP contribution is 2.04. The second kappa shape index (κ2) is 8.17. The van der Waals surface area contributed by atoms with Gasteiger partial charge in [0.25, 0.3) is 0 Å². The number of carboxylic acids is 1. The summed E-state index contributed by atoms with van der Waals surface area (Å²) < 4.78 is 0. The molecule has 0 radical (unpaired) electrons. The van der Waals surface area contributed by atoms with E-state index >= 15 is 0 Å². The van der Waals surface area contributed by atoms with E-state index < -0.39 is 17.9 Å². The predicted molar refractivity (Wildman–Crippen MR) is 54.8 cm³/mol. The van der Waals surface area contributed by atoms with E-state index in [1.807, 2.05) is 6.92 Å². The topological polar surface area (TPSA) is 75.6 Å². The number of carbonyl (C=O) groups is 1. The number of unbranched alkanes of at least 4 members (excludes halogenated alkanes) is 1. The molecular formula is C10H17NO4. The fourth-order valence-corrected chi connectivity index (χ4v) is 0.951. The van der Waals surface area contributed by atoms with Crippen molar-refractivity contribution >= 4 is 11.9 Å². The van der Waals surface area contributed by atoms with Gasteiger partial charge in [-0.05, 0) is 6.42 Å². The van der Waals surface area contributed by atoms with Crippen LogP contribution in [0.4, 0.5) is 0 Å². The molecule has 0 aromatic carbocycles. The maximum Gasteiger partial charge on any atom is 0.323 e. The van der Waals surface area contributed by atoms with Crippen LogP contribution in [0.3, 0.4) is 0 Å². The minimum atomic E-state index is -1.05. The first-order valence-corrected chi connectivity index (χ1v) is 4.94. The molecule has 0 aliphatic rings. The number of aliphatic carboxylic acids is 1. The van der Waals surface area contributed by atoms with Crippen LogP contribution in [0.5, 0.6) is 0 Å². The molecule has 0 spiro atoms. The van der Waals surface area contributed by atoms with Crippen LogP contribution >= 0.6 is 0 Å². The van der Waals surface area contributed by atoms with Crippen LogP contribution in [0.15, 0.2) is 6.08 Å². The Morgan fingerprint density at radius 3 is 2.80 bits per heavy atom. The molecule has 2 unspecified atom stereocenters. The molecule has 0 aromatic rings. The van der Waals surface area contributed by atoms with Crippen molar-refractivity contribution < 1.29 is 19.5 Å². The Balaban J connectivity index is 4.04. The second-order valence-electron chi connectivity index (χ2n) is 3.28. The second-order valence-corrected chi connectivity index (χ2v) is 3.28. The van der Waals surface area contributed by atoms with E-state index in [1.54, 1.807) is 12.9 Å². The number of nitrogens with one attached hydrogen (secondary N) is 1. The van der Waals surface area contributed by atoms with Crippen molar-refractivity contribution in [3.05, 3.63) is 6.08 Å². The Morgan fingerprint density at radius 1 is 1.67 bits per heavy atom. The summed E-state index contributed by atoms with van der Waals surface area (Å²) >= 11 is 0. The van der Waals surface area contributed by atoms with Gasteiger partial charge >= 0.3 is 5.97 Å². The highest BCUT2D eigenvalue weighted by atomic mass is 16.6. The molecule has 0 amide bonds. The largest absolute Gasteiger partial charge is 0.480 e. The van der Waals surface area contributed by atoms with Crippen molar-refractivity contribution in [1.29, 1.82) is 0 Å². The zero-order valence-corrected chi connectivity index (χ0v) is 9.03. The number of carbonyl (C=O) groups excluding carboxylic acids is 1. The monoisotopic (exact) mass is 215 g/mol. The van der Waals surface area contributed by atoms with E-state index in [2.05, 4.69) is 5.48 Å². The molecule has 0 saturated carbocycles. The third kappa shape index (κ3) is 6.01. The SMILES string of the molecule is CCCCONC(C(=O)O)C(C)C=C=O. The van der Waals surface area contributed by atoms with Crippen LogP contribution in [0.1, 0.15) is 26.7 Å². The van der Waals surface area contributed by atoms with E-state index in [9.17, 15) is 9.59 Å². The van der Waals surface area contributed by atoms with Crippen LogP contribution in [-0.4, -0.2) is 29.7 Å². The van der Waals surface area contributed by atoms with Crippen molar-refractivity contribution in [3.63, 3.8) is 0 Å². The molecule has 15 heavy (non-hydrogen) atoms. The molecule has 5 nitrogen and oxygen atoms in total. The summed E-state index contributed by atoms with van der Waals surface area (Å²) in [6.07, 6.45) is 3.00. The first-order chi connectivity index (χ1) is 7.13. The predicted octanol–water partition coefficient (Wildman–Crippen LogP) is 0.785. The summed E-state index contributed by atoms with van der Waals surface area (Å²) in [7, 11) is 0. The van der Waals surface area contributed by atoms with Crippen LogP contribution < -0.4 is 5.48 Å². The molecule has 0 fully saturated rings. The minimum absolute atomic E-state index is 0.456. The van der Waals surface area contributed by atoms with Gasteiger partial charge in [-0.2, -0.15) is 5.48 Å². The van der Waals surface area contributed by atoms with Crippen LogP contribution in [0.25, 0.3) is 0 Å². The van der Waals surface area contributed by atoms with E-state index in [4.69, 9.17) is 9.94 Å². The summed E-state index contributed by atoms with van der Waals surface area (Å²) in [5.41, 5.74) is 2.43. The lowest BCUT2D eigenvalue weighted by molar-refractivity contribution is -0.145. The van der Waals surface area contributed by atoms with E-state index in [1.165, 1.54) is 0 Å². The molecule has 0 aromatic heterocycles. The molecule has 2 N–H and O–H groups in total. The third-order valence-corrected chi connectivity index (χ3v) is 1.93. The standard InChI is InChI=1S/C10H17NO4/c1-3-4-7-15-11-9(10(13)14)8(2)5-6-12/h5,8-9,11H,3-4,7H2,1-2H3,(H,13,14). The van der Waals surface area contributed by atoms with Crippen molar-refractivity contribution in [2.75, 3.05) is 6.61 Å². The van der Waals surface area contributed by atoms with Gasteiger partial charge in [-0.3, -0.25) is 4.79 Å². The molecule has 5 heteroatoms. The zero-order chi connectivity index (χ0) is 11.7. The highest BCUT2D eigenvalue weighted by Gasteiger charge is 2.23. The molecule has 0 rings (SSSR count). The molecule has 0 bridgehead atoms. The van der Waals surface area contributed by atoms with Crippen molar-refractivity contribution in [2.45, 2.75) is 32.7 Å². The van der Waals surface area contributed by atoms with Gasteiger partial charge in [0.05, 0.1) is 6.61 Å². The summed E-state index contributed by atoms with van der Waals surface area (Å²) in [4.78, 5) is 25.8. The molecule has 0 aliphatic carbocycles. The molecule has 86 valence electrons. The highest BCUT2D eigenvalue weighted by molar-refractivity contribution is 5.74. The third-order valence-electron chi connectivity index (χ3n) is 1.93. The maximum atomic E-state index is 10.8. The van der Waals surface area contributed by atoms with Gasteiger partial charge in [-0.25, -0.2) is 4.79 Å². The average molecular weight is 215 g/mol. The van der Waals surface area contributed by atoms with Crippen LogP contribution in [-0.2, 0) is 14.4 Å². The summed E-state index contributed by atoms with van der Waals surface area (Å²) in [6.45, 7) is 4.08. The van der Waals surface area contributed by atoms with Gasteiger partial charge in [0, 0.05) is 12.0 Å². The first-order valence-electron chi connectivity index (χ1n) is 4.94. The Labute approximate surface area is 89.1 Å².